The van der Waals surface area contributed by atoms with E-state index in [1.54, 1.807) is 11.3 Å². The molecule has 10 heteroatoms. The standard InChI is InChI=1S/C21H20N4O4S2/c26-20-21(27)23-18-11-15(5-6-17(18)22-20)31(28,29)25-9-7-24(8-10-25)12-14-13-30-19-4-2-1-3-16(14)19/h1-6,11,13H,7-10,12H2,(H,22,26)(H,23,27). The van der Waals surface area contributed by atoms with Crippen molar-refractivity contribution in [2.45, 2.75) is 11.4 Å². The van der Waals surface area contributed by atoms with Crippen LogP contribution >= 0.6 is 11.3 Å². The van der Waals surface area contributed by atoms with Crippen LogP contribution in [-0.2, 0) is 16.6 Å². The van der Waals surface area contributed by atoms with Crippen LogP contribution < -0.4 is 11.1 Å². The van der Waals surface area contributed by atoms with Crippen molar-refractivity contribution in [1.82, 2.24) is 19.2 Å². The zero-order chi connectivity index (χ0) is 21.6. The number of aromatic amines is 2. The van der Waals surface area contributed by atoms with Crippen molar-refractivity contribution in [2.75, 3.05) is 26.2 Å². The monoisotopic (exact) mass is 456 g/mol. The summed E-state index contributed by atoms with van der Waals surface area (Å²) in [6, 6.07) is 12.7. The molecular formula is C21H20N4O4S2. The van der Waals surface area contributed by atoms with Crippen LogP contribution in [0.5, 0.6) is 0 Å². The zero-order valence-corrected chi connectivity index (χ0v) is 18.1. The molecule has 0 spiro atoms. The summed E-state index contributed by atoms with van der Waals surface area (Å²) >= 11 is 1.73. The van der Waals surface area contributed by atoms with Gasteiger partial charge in [0.15, 0.2) is 0 Å². The number of nitrogens with zero attached hydrogens (tertiary/aromatic N) is 2. The molecule has 4 aromatic rings. The van der Waals surface area contributed by atoms with E-state index in [4.69, 9.17) is 0 Å². The molecular weight excluding hydrogens is 436 g/mol. The largest absolute Gasteiger partial charge is 0.316 e. The molecule has 31 heavy (non-hydrogen) atoms. The SMILES string of the molecule is O=c1[nH]c2ccc(S(=O)(=O)N3CCN(Cc4csc5ccccc45)CC3)cc2[nH]c1=O. The van der Waals surface area contributed by atoms with Crippen molar-refractivity contribution in [1.29, 1.82) is 0 Å². The molecule has 3 heterocycles. The van der Waals surface area contributed by atoms with Gasteiger partial charge < -0.3 is 9.97 Å². The van der Waals surface area contributed by atoms with E-state index < -0.39 is 21.1 Å². The van der Waals surface area contributed by atoms with Gasteiger partial charge in [-0.1, -0.05) is 18.2 Å². The molecule has 160 valence electrons. The maximum absolute atomic E-state index is 13.1. The predicted octanol–water partition coefficient (Wildman–Crippen LogP) is 1.94. The molecule has 0 amide bonds. The second-order valence-electron chi connectivity index (χ2n) is 7.55. The topological polar surface area (TPSA) is 106 Å². The minimum Gasteiger partial charge on any atom is -0.316 e. The average Bonchev–Trinajstić information content (AvgIpc) is 3.17. The lowest BCUT2D eigenvalue weighted by molar-refractivity contribution is 0.182. The highest BCUT2D eigenvalue weighted by Gasteiger charge is 2.29. The zero-order valence-electron chi connectivity index (χ0n) is 16.5. The van der Waals surface area contributed by atoms with E-state index in [1.807, 2.05) is 12.1 Å². The number of hydrogen-bond acceptors (Lipinski definition) is 6. The Morgan fingerprint density at radius 2 is 1.61 bits per heavy atom. The van der Waals surface area contributed by atoms with E-state index in [9.17, 15) is 18.0 Å². The molecule has 0 radical (unpaired) electrons. The van der Waals surface area contributed by atoms with Crippen LogP contribution in [-0.4, -0.2) is 53.8 Å². The number of nitrogens with one attached hydrogen (secondary N) is 2. The molecule has 0 unspecified atom stereocenters. The first-order chi connectivity index (χ1) is 14.9. The normalized spacial score (nSPS) is 16.3. The van der Waals surface area contributed by atoms with Crippen molar-refractivity contribution < 1.29 is 8.42 Å². The molecule has 2 N–H and O–H groups in total. The Hall–Kier alpha value is -2.79. The molecule has 2 aromatic heterocycles. The molecule has 0 bridgehead atoms. The number of thiophene rings is 1. The van der Waals surface area contributed by atoms with Gasteiger partial charge in [-0.05, 0) is 40.6 Å². The van der Waals surface area contributed by atoms with Crippen LogP contribution in [0.1, 0.15) is 5.56 Å². The summed E-state index contributed by atoms with van der Waals surface area (Å²) in [5.74, 6) is 0. The predicted molar refractivity (Wildman–Crippen MR) is 121 cm³/mol. The Labute approximate surface area is 181 Å². The number of sulfonamides is 1. The van der Waals surface area contributed by atoms with Crippen LogP contribution in [0, 0.1) is 0 Å². The number of H-pyrrole nitrogens is 2. The third-order valence-corrected chi connectivity index (χ3v) is 8.52. The maximum atomic E-state index is 13.1. The molecule has 2 aromatic carbocycles. The molecule has 1 fully saturated rings. The second kappa shape index (κ2) is 7.72. The smallest absolute Gasteiger partial charge is 0.314 e. The highest BCUT2D eigenvalue weighted by atomic mass is 32.2. The second-order valence-corrected chi connectivity index (χ2v) is 10.4. The molecule has 1 aliphatic heterocycles. The third kappa shape index (κ3) is 3.72. The highest BCUT2D eigenvalue weighted by molar-refractivity contribution is 7.89. The Kier molecular flexibility index (Phi) is 5.01. The number of hydrogen-bond donors (Lipinski definition) is 2. The highest BCUT2D eigenvalue weighted by Crippen LogP contribution is 2.27. The van der Waals surface area contributed by atoms with Gasteiger partial charge in [0, 0.05) is 37.4 Å². The minimum atomic E-state index is -3.70. The van der Waals surface area contributed by atoms with Gasteiger partial charge in [-0.3, -0.25) is 14.5 Å². The summed E-state index contributed by atoms with van der Waals surface area (Å²) < 4.78 is 29.0. The van der Waals surface area contributed by atoms with Gasteiger partial charge in [0.1, 0.15) is 0 Å². The lowest BCUT2D eigenvalue weighted by Crippen LogP contribution is -2.48. The van der Waals surface area contributed by atoms with Crippen molar-refractivity contribution in [2.24, 2.45) is 0 Å². The van der Waals surface area contributed by atoms with E-state index in [-0.39, 0.29) is 10.4 Å². The van der Waals surface area contributed by atoms with Crippen molar-refractivity contribution >= 4 is 42.5 Å². The summed E-state index contributed by atoms with van der Waals surface area (Å²) in [6.45, 7) is 2.86. The van der Waals surface area contributed by atoms with Crippen LogP contribution in [0.15, 0.2) is 62.3 Å². The summed E-state index contributed by atoms with van der Waals surface area (Å²) in [7, 11) is -3.70. The quantitative estimate of drug-likeness (QED) is 0.457. The molecule has 1 saturated heterocycles. The number of rotatable bonds is 4. The fourth-order valence-electron chi connectivity index (χ4n) is 3.93. The number of benzene rings is 2. The van der Waals surface area contributed by atoms with Crippen LogP contribution in [0.4, 0.5) is 0 Å². The lowest BCUT2D eigenvalue weighted by Gasteiger charge is -2.34. The van der Waals surface area contributed by atoms with Gasteiger partial charge in [-0.2, -0.15) is 4.31 Å². The van der Waals surface area contributed by atoms with Crippen LogP contribution in [0.25, 0.3) is 21.1 Å². The maximum Gasteiger partial charge on any atom is 0.314 e. The first-order valence-electron chi connectivity index (χ1n) is 9.86. The van der Waals surface area contributed by atoms with E-state index in [2.05, 4.69) is 32.4 Å². The molecule has 0 aliphatic carbocycles. The van der Waals surface area contributed by atoms with E-state index in [0.29, 0.717) is 31.7 Å². The molecule has 5 rings (SSSR count). The van der Waals surface area contributed by atoms with Gasteiger partial charge in [0.25, 0.3) is 0 Å². The summed E-state index contributed by atoms with van der Waals surface area (Å²) in [5.41, 5.74) is 0.364. The van der Waals surface area contributed by atoms with Gasteiger partial charge in [-0.15, -0.1) is 11.3 Å². The van der Waals surface area contributed by atoms with Gasteiger partial charge in [0.2, 0.25) is 10.0 Å². The fourth-order valence-corrected chi connectivity index (χ4v) is 6.33. The Morgan fingerprint density at radius 3 is 2.39 bits per heavy atom. The van der Waals surface area contributed by atoms with Crippen molar-refractivity contribution in [3.8, 4) is 0 Å². The molecule has 8 nitrogen and oxygen atoms in total. The number of piperazine rings is 1. The van der Waals surface area contributed by atoms with Crippen LogP contribution in [0.3, 0.4) is 0 Å². The van der Waals surface area contributed by atoms with Crippen molar-refractivity contribution in [3.63, 3.8) is 0 Å². The fraction of sp³-hybridized carbons (Fsp3) is 0.238. The van der Waals surface area contributed by atoms with Gasteiger partial charge in [-0.25, -0.2) is 8.42 Å². The first-order valence-corrected chi connectivity index (χ1v) is 12.2. The van der Waals surface area contributed by atoms with Crippen molar-refractivity contribution in [3.05, 3.63) is 74.1 Å². The lowest BCUT2D eigenvalue weighted by atomic mass is 10.1. The Morgan fingerprint density at radius 1 is 0.903 bits per heavy atom. The molecule has 0 saturated carbocycles. The van der Waals surface area contributed by atoms with Gasteiger partial charge >= 0.3 is 11.1 Å². The molecule has 1 aliphatic rings. The number of aromatic nitrogens is 2. The van der Waals surface area contributed by atoms with Gasteiger partial charge in [0.05, 0.1) is 15.9 Å². The van der Waals surface area contributed by atoms with Crippen LogP contribution in [0.2, 0.25) is 0 Å². The minimum absolute atomic E-state index is 0.0972. The van der Waals surface area contributed by atoms with E-state index in [0.717, 1.165) is 6.54 Å². The summed E-state index contributed by atoms with van der Waals surface area (Å²) in [5, 5.41) is 3.43. The van der Waals surface area contributed by atoms with E-state index >= 15 is 0 Å². The summed E-state index contributed by atoms with van der Waals surface area (Å²) in [6.07, 6.45) is 0. The third-order valence-electron chi connectivity index (χ3n) is 5.62. The number of fused-ring (bicyclic) bond motifs is 2. The molecule has 0 atom stereocenters. The first kappa shape index (κ1) is 20.1. The Bertz CT molecular complexity index is 1500. The average molecular weight is 457 g/mol. The summed E-state index contributed by atoms with van der Waals surface area (Å²) in [4.78, 5) is 30.3. The van der Waals surface area contributed by atoms with E-state index in [1.165, 1.54) is 38.2 Å². The Balaban J connectivity index is 1.32.